The van der Waals surface area contributed by atoms with Crippen molar-refractivity contribution in [2.45, 2.75) is 102 Å². The van der Waals surface area contributed by atoms with E-state index in [1.165, 1.54) is 0 Å². The summed E-state index contributed by atoms with van der Waals surface area (Å²) in [4.78, 5) is 67.7. The summed E-state index contributed by atoms with van der Waals surface area (Å²) < 4.78 is 5.23. The largest absolute Gasteiger partial charge is 0.497 e. The Hall–Kier alpha value is -3.67. The molecule has 5 atom stereocenters. The average molecular weight is 588 g/mol. The van der Waals surface area contributed by atoms with E-state index in [0.717, 1.165) is 18.4 Å². The van der Waals surface area contributed by atoms with Gasteiger partial charge in [-0.1, -0.05) is 45.2 Å². The van der Waals surface area contributed by atoms with Crippen LogP contribution in [-0.4, -0.2) is 77.5 Å². The van der Waals surface area contributed by atoms with Crippen molar-refractivity contribution in [1.29, 1.82) is 0 Å². The summed E-state index contributed by atoms with van der Waals surface area (Å²) >= 11 is 0. The molecule has 2 fully saturated rings. The Kier molecular flexibility index (Phi) is 12.6. The standard InChI is InChI=1S/C30H45N5O7/c1-4-19(2)26-30(40)35-17-9-8-11-24(35)29(39)31-22(10-6-5-7-12-25(36)34-41)27(37)32-23(28(38)33-26)18-20-13-15-21(42-3)16-14-20/h13-16,19,22-24,26,41H,4-12,17-18H2,1-3H3,(H,31,39)(H,32,37)(H,33,38)(H,34,36). The van der Waals surface area contributed by atoms with Crippen molar-refractivity contribution >= 4 is 29.5 Å². The van der Waals surface area contributed by atoms with Crippen LogP contribution in [-0.2, 0) is 30.4 Å². The molecule has 12 heteroatoms. The monoisotopic (exact) mass is 587 g/mol. The third kappa shape index (κ3) is 8.91. The molecule has 0 bridgehead atoms. The molecular weight excluding hydrogens is 542 g/mol. The van der Waals surface area contributed by atoms with Crippen LogP contribution in [0.2, 0.25) is 0 Å². The maximum atomic E-state index is 13.9. The lowest BCUT2D eigenvalue weighted by Crippen LogP contribution is -2.64. The zero-order valence-corrected chi connectivity index (χ0v) is 24.8. The molecule has 0 aliphatic carbocycles. The summed E-state index contributed by atoms with van der Waals surface area (Å²) in [6.45, 7) is 4.24. The molecule has 2 aliphatic rings. The van der Waals surface area contributed by atoms with Crippen LogP contribution in [0.5, 0.6) is 5.75 Å². The van der Waals surface area contributed by atoms with E-state index in [4.69, 9.17) is 9.94 Å². The molecule has 5 unspecified atom stereocenters. The normalized spacial score (nSPS) is 24.2. The number of nitrogens with zero attached hydrogens (tertiary/aromatic N) is 1. The first-order valence-corrected chi connectivity index (χ1v) is 15.0. The first-order valence-electron chi connectivity index (χ1n) is 15.0. The third-order valence-corrected chi connectivity index (χ3v) is 8.25. The van der Waals surface area contributed by atoms with Crippen molar-refractivity contribution < 1.29 is 33.9 Å². The van der Waals surface area contributed by atoms with Gasteiger partial charge in [-0.05, 0) is 55.7 Å². The molecule has 3 rings (SSSR count). The molecule has 2 heterocycles. The van der Waals surface area contributed by atoms with Crippen LogP contribution in [0.3, 0.4) is 0 Å². The molecule has 1 aromatic carbocycles. The van der Waals surface area contributed by atoms with Gasteiger partial charge in [-0.3, -0.25) is 29.2 Å². The maximum absolute atomic E-state index is 13.9. The first kappa shape index (κ1) is 32.8. The predicted octanol–water partition coefficient (Wildman–Crippen LogP) is 1.59. The number of ether oxygens (including phenoxy) is 1. The maximum Gasteiger partial charge on any atom is 0.246 e. The number of methoxy groups -OCH3 is 1. The van der Waals surface area contributed by atoms with Gasteiger partial charge in [-0.15, -0.1) is 0 Å². The minimum Gasteiger partial charge on any atom is -0.497 e. The van der Waals surface area contributed by atoms with Crippen molar-refractivity contribution in [2.24, 2.45) is 5.92 Å². The van der Waals surface area contributed by atoms with Gasteiger partial charge in [-0.2, -0.15) is 0 Å². The Morgan fingerprint density at radius 1 is 1.00 bits per heavy atom. The van der Waals surface area contributed by atoms with Crippen molar-refractivity contribution in [3.8, 4) is 5.75 Å². The molecule has 1 aromatic rings. The smallest absolute Gasteiger partial charge is 0.246 e. The number of hydroxylamine groups is 1. The van der Waals surface area contributed by atoms with Crippen molar-refractivity contribution in [2.75, 3.05) is 13.7 Å². The topological polar surface area (TPSA) is 166 Å². The molecule has 2 aliphatic heterocycles. The summed E-state index contributed by atoms with van der Waals surface area (Å²) in [7, 11) is 1.56. The van der Waals surface area contributed by atoms with E-state index in [0.29, 0.717) is 44.4 Å². The zero-order chi connectivity index (χ0) is 30.6. The zero-order valence-electron chi connectivity index (χ0n) is 24.8. The SMILES string of the molecule is CCC(C)C1NC(=O)C(Cc2ccc(OC)cc2)NC(=O)C(CCCCCC(=O)NO)NC(=O)C2CCCCN2C1=O. The molecule has 0 radical (unpaired) electrons. The molecule has 5 amide bonds. The van der Waals surface area contributed by atoms with Crippen molar-refractivity contribution in [1.82, 2.24) is 26.3 Å². The van der Waals surface area contributed by atoms with Gasteiger partial charge in [0.25, 0.3) is 0 Å². The summed E-state index contributed by atoms with van der Waals surface area (Å²) in [5.74, 6) is -1.64. The summed E-state index contributed by atoms with van der Waals surface area (Å²) in [6.07, 6.45) is 4.85. The van der Waals surface area contributed by atoms with E-state index in [1.54, 1.807) is 29.6 Å². The summed E-state index contributed by atoms with van der Waals surface area (Å²) in [6, 6.07) is 3.68. The Balaban J connectivity index is 1.90. The molecule has 12 nitrogen and oxygen atoms in total. The van der Waals surface area contributed by atoms with Crippen molar-refractivity contribution in [3.05, 3.63) is 29.8 Å². The van der Waals surface area contributed by atoms with Gasteiger partial charge in [0.15, 0.2) is 0 Å². The Labute approximate surface area is 247 Å². The van der Waals surface area contributed by atoms with Gasteiger partial charge in [0.05, 0.1) is 7.11 Å². The molecule has 0 aromatic heterocycles. The number of hydrogen-bond donors (Lipinski definition) is 5. The minimum absolute atomic E-state index is 0.139. The highest BCUT2D eigenvalue weighted by molar-refractivity contribution is 5.97. The Morgan fingerprint density at radius 3 is 2.36 bits per heavy atom. The van der Waals surface area contributed by atoms with Gasteiger partial charge in [-0.25, -0.2) is 5.48 Å². The van der Waals surface area contributed by atoms with Crippen molar-refractivity contribution in [3.63, 3.8) is 0 Å². The summed E-state index contributed by atoms with van der Waals surface area (Å²) in [5, 5.41) is 17.3. The van der Waals surface area contributed by atoms with E-state index in [1.807, 2.05) is 26.0 Å². The lowest BCUT2D eigenvalue weighted by Gasteiger charge is -2.39. The van der Waals surface area contributed by atoms with Crippen LogP contribution in [0.25, 0.3) is 0 Å². The number of benzene rings is 1. The first-order chi connectivity index (χ1) is 20.2. The second-order valence-electron chi connectivity index (χ2n) is 11.2. The molecule has 5 N–H and O–H groups in total. The van der Waals surface area contributed by atoms with Crippen LogP contribution >= 0.6 is 0 Å². The minimum atomic E-state index is -0.991. The van der Waals surface area contributed by atoms with Gasteiger partial charge >= 0.3 is 0 Å². The second-order valence-corrected chi connectivity index (χ2v) is 11.2. The lowest BCUT2D eigenvalue weighted by molar-refractivity contribution is -0.147. The quantitative estimate of drug-likeness (QED) is 0.149. The van der Waals surface area contributed by atoms with E-state index in [-0.39, 0.29) is 37.0 Å². The van der Waals surface area contributed by atoms with E-state index in [2.05, 4.69) is 16.0 Å². The lowest BCUT2D eigenvalue weighted by atomic mass is 9.93. The number of carbonyl (C=O) groups excluding carboxylic acids is 5. The van der Waals surface area contributed by atoms with Crippen LogP contribution in [0.15, 0.2) is 24.3 Å². The highest BCUT2D eigenvalue weighted by atomic mass is 16.5. The third-order valence-electron chi connectivity index (χ3n) is 8.25. The molecule has 42 heavy (non-hydrogen) atoms. The Morgan fingerprint density at radius 2 is 1.69 bits per heavy atom. The fourth-order valence-electron chi connectivity index (χ4n) is 5.47. The van der Waals surface area contributed by atoms with Crippen LogP contribution in [0.4, 0.5) is 0 Å². The number of amides is 5. The van der Waals surface area contributed by atoms with Gasteiger partial charge in [0.2, 0.25) is 29.5 Å². The molecule has 2 saturated heterocycles. The fraction of sp³-hybridized carbons (Fsp3) is 0.633. The number of rotatable bonds is 11. The van der Waals surface area contributed by atoms with Crippen LogP contribution < -0.4 is 26.2 Å². The highest BCUT2D eigenvalue weighted by Crippen LogP contribution is 2.22. The fourth-order valence-corrected chi connectivity index (χ4v) is 5.47. The van der Waals surface area contributed by atoms with E-state index in [9.17, 15) is 24.0 Å². The van der Waals surface area contributed by atoms with Crippen LogP contribution in [0.1, 0.15) is 77.2 Å². The molecule has 0 spiro atoms. The number of hydrogen-bond acceptors (Lipinski definition) is 7. The van der Waals surface area contributed by atoms with Gasteiger partial charge in [0, 0.05) is 19.4 Å². The Bertz CT molecular complexity index is 1100. The average Bonchev–Trinajstić information content (AvgIpc) is 3.01. The van der Waals surface area contributed by atoms with Crippen LogP contribution in [0, 0.1) is 5.92 Å². The second kappa shape index (κ2) is 16.1. The number of nitrogens with one attached hydrogen (secondary N) is 4. The molecular formula is C30H45N5O7. The number of unbranched alkanes of at least 4 members (excludes halogenated alkanes) is 2. The van der Waals surface area contributed by atoms with Gasteiger partial charge in [0.1, 0.15) is 29.9 Å². The highest BCUT2D eigenvalue weighted by Gasteiger charge is 2.40. The number of fused-ring (bicyclic) bond motifs is 1. The summed E-state index contributed by atoms with van der Waals surface area (Å²) in [5.41, 5.74) is 2.38. The molecule has 232 valence electrons. The number of piperidine rings is 1. The van der Waals surface area contributed by atoms with E-state index >= 15 is 0 Å². The van der Waals surface area contributed by atoms with Gasteiger partial charge < -0.3 is 25.6 Å². The number of carbonyl (C=O) groups is 5. The molecule has 0 saturated carbocycles. The predicted molar refractivity (Wildman–Crippen MR) is 154 cm³/mol. The van der Waals surface area contributed by atoms with E-state index < -0.39 is 41.9 Å².